The molecule has 2 heterocycles. The predicted octanol–water partition coefficient (Wildman–Crippen LogP) is 3.24. The molecular weight excluding hydrogens is 382 g/mol. The maximum absolute atomic E-state index is 13.6. The van der Waals surface area contributed by atoms with Gasteiger partial charge in [0.15, 0.2) is 5.82 Å². The van der Waals surface area contributed by atoms with E-state index in [-0.39, 0.29) is 24.0 Å². The van der Waals surface area contributed by atoms with Gasteiger partial charge in [0.05, 0.1) is 16.9 Å². The second-order valence-corrected chi connectivity index (χ2v) is 7.24. The summed E-state index contributed by atoms with van der Waals surface area (Å²) in [6.07, 6.45) is -0.996. The maximum atomic E-state index is 13.6. The van der Waals surface area contributed by atoms with Gasteiger partial charge in [-0.05, 0) is 43.5 Å². The Balaban J connectivity index is 2.30. The summed E-state index contributed by atoms with van der Waals surface area (Å²) in [5.41, 5.74) is -0.958. The van der Waals surface area contributed by atoms with E-state index >= 15 is 0 Å². The van der Waals surface area contributed by atoms with E-state index < -0.39 is 23.8 Å². The van der Waals surface area contributed by atoms with E-state index in [0.717, 1.165) is 0 Å². The first kappa shape index (κ1) is 22.2. The molecule has 1 amide bonds. The predicted molar refractivity (Wildman–Crippen MR) is 102 cm³/mol. The Hall–Kier alpha value is -3.10. The van der Waals surface area contributed by atoms with E-state index in [1.54, 1.807) is 13.0 Å². The van der Waals surface area contributed by atoms with Crippen LogP contribution in [0.25, 0.3) is 17.5 Å². The molecule has 0 saturated heterocycles. The van der Waals surface area contributed by atoms with Crippen molar-refractivity contribution >= 4 is 12.2 Å². The molecule has 7 nitrogen and oxygen atoms in total. The van der Waals surface area contributed by atoms with Gasteiger partial charge >= 0.3 is 0 Å². The van der Waals surface area contributed by atoms with Crippen LogP contribution in [0.4, 0.5) is 13.6 Å². The molecule has 0 bridgehead atoms. The minimum Gasteiger partial charge on any atom is -0.530 e. The van der Waals surface area contributed by atoms with Crippen molar-refractivity contribution in [2.75, 3.05) is 6.61 Å². The lowest BCUT2D eigenvalue weighted by Crippen LogP contribution is -2.55. The van der Waals surface area contributed by atoms with E-state index in [1.807, 2.05) is 13.8 Å². The first-order valence-electron chi connectivity index (χ1n) is 9.00. The molecule has 156 valence electrons. The number of halogens is 2. The van der Waals surface area contributed by atoms with Crippen LogP contribution in [0, 0.1) is 5.92 Å². The number of hydrogen-bond donors (Lipinski definition) is 1. The van der Waals surface area contributed by atoms with Gasteiger partial charge in [0.2, 0.25) is 0 Å². The van der Waals surface area contributed by atoms with E-state index in [4.69, 9.17) is 4.74 Å². The van der Waals surface area contributed by atoms with E-state index in [2.05, 4.69) is 26.8 Å². The number of hydrogen-bond acceptors (Lipinski definition) is 6. The summed E-state index contributed by atoms with van der Waals surface area (Å²) in [5.74, 6) is 0.361. The molecule has 0 aliphatic heterocycles. The third kappa shape index (κ3) is 6.20. The number of carboxylic acid groups (broad SMARTS) is 1. The molecule has 2 aromatic heterocycles. The largest absolute Gasteiger partial charge is 0.530 e. The minimum absolute atomic E-state index is 0.128. The van der Waals surface area contributed by atoms with Crippen molar-refractivity contribution in [1.82, 2.24) is 20.3 Å². The third-order valence-corrected chi connectivity index (χ3v) is 4.02. The normalized spacial score (nSPS) is 13.2. The summed E-state index contributed by atoms with van der Waals surface area (Å²) in [7, 11) is 0. The van der Waals surface area contributed by atoms with E-state index in [0.29, 0.717) is 17.9 Å². The molecule has 2 rings (SSSR count). The molecule has 9 heteroatoms. The molecule has 1 N–H and O–H groups in total. The van der Waals surface area contributed by atoms with Crippen LogP contribution in [0.2, 0.25) is 0 Å². The van der Waals surface area contributed by atoms with Crippen LogP contribution >= 0.6 is 0 Å². The Morgan fingerprint density at radius 3 is 2.59 bits per heavy atom. The molecule has 0 spiro atoms. The Labute approximate surface area is 167 Å². The number of nitrogens with one attached hydrogen (secondary N) is 1. The van der Waals surface area contributed by atoms with Gasteiger partial charge < -0.3 is 20.0 Å². The number of carbonyl (C=O) groups is 1. The van der Waals surface area contributed by atoms with E-state index in [9.17, 15) is 18.7 Å². The van der Waals surface area contributed by atoms with Crippen molar-refractivity contribution in [3.63, 3.8) is 0 Å². The summed E-state index contributed by atoms with van der Waals surface area (Å²) in [6.45, 7) is 8.87. The van der Waals surface area contributed by atoms with Gasteiger partial charge in [0.1, 0.15) is 24.1 Å². The van der Waals surface area contributed by atoms with Crippen molar-refractivity contribution < 1.29 is 23.4 Å². The first-order valence-corrected chi connectivity index (χ1v) is 9.00. The Kier molecular flexibility index (Phi) is 7.19. The van der Waals surface area contributed by atoms with Gasteiger partial charge in [0.25, 0.3) is 6.43 Å². The average Bonchev–Trinajstić information content (AvgIpc) is 2.65. The topological polar surface area (TPSA) is 100 Å². The highest BCUT2D eigenvalue weighted by molar-refractivity contribution is 5.63. The number of alkyl halides is 2. The van der Waals surface area contributed by atoms with Crippen molar-refractivity contribution in [1.29, 1.82) is 0 Å². The highest BCUT2D eigenvalue weighted by Crippen LogP contribution is 2.31. The van der Waals surface area contributed by atoms with Crippen LogP contribution < -0.4 is 15.2 Å². The van der Waals surface area contributed by atoms with Gasteiger partial charge in [0, 0.05) is 6.20 Å². The van der Waals surface area contributed by atoms with Crippen LogP contribution in [0.1, 0.15) is 45.1 Å². The number of amides is 1. The molecule has 0 aliphatic rings. The fourth-order valence-electron chi connectivity index (χ4n) is 3.03. The van der Waals surface area contributed by atoms with Gasteiger partial charge in [-0.3, -0.25) is 0 Å². The smallest absolute Gasteiger partial charge is 0.284 e. The first-order chi connectivity index (χ1) is 13.6. The van der Waals surface area contributed by atoms with Gasteiger partial charge in [-0.2, -0.15) is 0 Å². The van der Waals surface area contributed by atoms with Crippen LogP contribution in [-0.4, -0.2) is 33.2 Å². The fraction of sp³-hybridized carbons (Fsp3) is 0.400. The third-order valence-electron chi connectivity index (χ3n) is 4.02. The number of aromatic nitrogens is 3. The second kappa shape index (κ2) is 9.40. The molecule has 0 saturated carbocycles. The summed E-state index contributed by atoms with van der Waals surface area (Å²) < 4.78 is 32.8. The van der Waals surface area contributed by atoms with Crippen LogP contribution in [-0.2, 0) is 0 Å². The Morgan fingerprint density at radius 2 is 2.00 bits per heavy atom. The lowest BCUT2D eigenvalue weighted by molar-refractivity contribution is -0.253. The van der Waals surface area contributed by atoms with Crippen molar-refractivity contribution in [3.05, 3.63) is 42.5 Å². The summed E-state index contributed by atoms with van der Waals surface area (Å²) in [4.78, 5) is 23.2. The molecule has 0 aromatic carbocycles. The van der Waals surface area contributed by atoms with Crippen molar-refractivity contribution in [3.8, 4) is 17.1 Å². The lowest BCUT2D eigenvalue weighted by Gasteiger charge is -2.33. The molecule has 1 atom stereocenters. The maximum Gasteiger partial charge on any atom is 0.284 e. The zero-order valence-electron chi connectivity index (χ0n) is 16.5. The van der Waals surface area contributed by atoms with Gasteiger partial charge in [-0.1, -0.05) is 20.4 Å². The quantitative estimate of drug-likeness (QED) is 0.687. The molecule has 1 unspecified atom stereocenters. The van der Waals surface area contributed by atoms with Crippen molar-refractivity contribution in [2.45, 2.75) is 39.2 Å². The number of carbonyl (C=O) groups excluding carboxylic acids is 1. The van der Waals surface area contributed by atoms with Crippen LogP contribution in [0.3, 0.4) is 0 Å². The Morgan fingerprint density at radius 1 is 1.31 bits per heavy atom. The summed E-state index contributed by atoms with van der Waals surface area (Å²) in [5, 5.41) is 13.3. The van der Waals surface area contributed by atoms with Crippen molar-refractivity contribution in [2.24, 2.45) is 5.92 Å². The highest BCUT2D eigenvalue weighted by Gasteiger charge is 2.28. The highest BCUT2D eigenvalue weighted by atomic mass is 19.3. The monoisotopic (exact) mass is 405 g/mol. The lowest BCUT2D eigenvalue weighted by atomic mass is 9.91. The number of pyridine rings is 1. The summed E-state index contributed by atoms with van der Waals surface area (Å²) >= 11 is 0. The molecule has 0 fully saturated rings. The van der Waals surface area contributed by atoms with Gasteiger partial charge in [-0.15, -0.1) is 0 Å². The van der Waals surface area contributed by atoms with Crippen LogP contribution in [0.5, 0.6) is 5.75 Å². The molecular formula is C20H23F2N4O3-. The minimum atomic E-state index is -2.89. The number of rotatable bonds is 9. The van der Waals surface area contributed by atoms with E-state index in [1.165, 1.54) is 24.4 Å². The Bertz CT molecular complexity index is 877. The second-order valence-electron chi connectivity index (χ2n) is 7.24. The SMILES string of the molecule is C=Cc1nccc(-c2ccc(OCC(C)(CC(C)C)NC(=O)[O-])c(C(F)F)n2)n1. The zero-order chi connectivity index (χ0) is 21.6. The molecule has 2 aromatic rings. The number of ether oxygens (including phenoxy) is 1. The average molecular weight is 405 g/mol. The fourth-order valence-corrected chi connectivity index (χ4v) is 3.03. The number of nitrogens with zero attached hydrogens (tertiary/aromatic N) is 3. The van der Waals surface area contributed by atoms with Gasteiger partial charge in [-0.25, -0.2) is 23.7 Å². The molecule has 29 heavy (non-hydrogen) atoms. The summed E-state index contributed by atoms with van der Waals surface area (Å²) in [6, 6.07) is 4.42. The zero-order valence-corrected chi connectivity index (χ0v) is 16.5. The standard InChI is InChI=1S/C20H24F2N4O3/c1-5-16-23-9-8-14(24-16)13-6-7-15(17(25-13)18(21)22)29-11-20(4,10-12(2)3)26-19(27)28/h5-9,12,18,26H,1,10-11H2,2-4H3,(H,27,28)/p-1. The molecule has 0 aliphatic carbocycles. The van der Waals surface area contributed by atoms with Crippen LogP contribution in [0.15, 0.2) is 31.0 Å². The molecule has 0 radical (unpaired) electrons.